The van der Waals surface area contributed by atoms with E-state index in [1.165, 1.54) is 0 Å². The summed E-state index contributed by atoms with van der Waals surface area (Å²) in [7, 11) is 0. The van der Waals surface area contributed by atoms with Gasteiger partial charge >= 0.3 is 0 Å². The summed E-state index contributed by atoms with van der Waals surface area (Å²) in [6.07, 6.45) is 4.61. The van der Waals surface area contributed by atoms with Crippen LogP contribution in [0.3, 0.4) is 0 Å². The predicted octanol–water partition coefficient (Wildman–Crippen LogP) is 1.80. The van der Waals surface area contributed by atoms with Crippen molar-refractivity contribution in [3.05, 3.63) is 46.7 Å². The van der Waals surface area contributed by atoms with Crippen LogP contribution in [-0.4, -0.2) is 47.1 Å². The average Bonchev–Trinajstić information content (AvgIpc) is 2.93. The van der Waals surface area contributed by atoms with E-state index in [4.69, 9.17) is 4.74 Å². The van der Waals surface area contributed by atoms with Gasteiger partial charge in [-0.2, -0.15) is 0 Å². The lowest BCUT2D eigenvalue weighted by Crippen LogP contribution is -2.37. The number of rotatable bonds is 4. The third-order valence-corrected chi connectivity index (χ3v) is 4.61. The molecule has 0 aromatic carbocycles. The fourth-order valence-electron chi connectivity index (χ4n) is 2.64. The molecule has 1 amide bonds. The van der Waals surface area contributed by atoms with Crippen molar-refractivity contribution >= 4 is 17.2 Å². The molecular weight excluding hydrogens is 298 g/mol. The maximum Gasteiger partial charge on any atom is 0.227 e. The number of aromatic nitrogens is 2. The highest BCUT2D eigenvalue weighted by molar-refractivity contribution is 7.10. The summed E-state index contributed by atoms with van der Waals surface area (Å²) < 4.78 is 5.66. The number of carbonyl (C=O) groups excluding carboxylic acids is 1. The number of ether oxygens (including phenoxy) is 1. The molecule has 0 bridgehead atoms. The maximum absolute atomic E-state index is 12.5. The number of hydrogen-bond acceptors (Lipinski definition) is 5. The van der Waals surface area contributed by atoms with Gasteiger partial charge in [-0.05, 0) is 23.9 Å². The lowest BCUT2D eigenvalue weighted by atomic mass is 10.0. The number of nitrogens with zero attached hydrogens (tertiary/aromatic N) is 3. The van der Waals surface area contributed by atoms with Crippen LogP contribution in [0.5, 0.6) is 0 Å². The van der Waals surface area contributed by atoms with Gasteiger partial charge in [0.05, 0.1) is 19.6 Å². The van der Waals surface area contributed by atoms with Gasteiger partial charge < -0.3 is 9.64 Å². The zero-order valence-electron chi connectivity index (χ0n) is 12.4. The summed E-state index contributed by atoms with van der Waals surface area (Å²) in [5.74, 6) is 0.463. The highest BCUT2D eigenvalue weighted by atomic mass is 32.1. The van der Waals surface area contributed by atoms with Crippen molar-refractivity contribution < 1.29 is 9.53 Å². The lowest BCUT2D eigenvalue weighted by Gasteiger charge is -2.23. The first-order valence-electron chi connectivity index (χ1n) is 7.44. The van der Waals surface area contributed by atoms with Crippen LogP contribution in [0.4, 0.5) is 0 Å². The molecule has 0 radical (unpaired) electrons. The Labute approximate surface area is 134 Å². The molecule has 116 valence electrons. The quantitative estimate of drug-likeness (QED) is 0.863. The van der Waals surface area contributed by atoms with E-state index in [1.807, 2.05) is 28.5 Å². The predicted molar refractivity (Wildman–Crippen MR) is 84.6 cm³/mol. The Morgan fingerprint density at radius 2 is 2.41 bits per heavy atom. The van der Waals surface area contributed by atoms with Crippen molar-refractivity contribution in [2.45, 2.75) is 12.8 Å². The van der Waals surface area contributed by atoms with Crippen LogP contribution in [0.2, 0.25) is 0 Å². The summed E-state index contributed by atoms with van der Waals surface area (Å²) in [6.45, 7) is 2.68. The van der Waals surface area contributed by atoms with E-state index in [1.54, 1.807) is 23.9 Å². The smallest absolute Gasteiger partial charge is 0.227 e. The minimum absolute atomic E-state index is 0.181. The molecule has 1 fully saturated rings. The first kappa shape index (κ1) is 15.1. The van der Waals surface area contributed by atoms with Crippen LogP contribution in [0, 0.1) is 5.92 Å². The zero-order chi connectivity index (χ0) is 15.2. The Hall–Kier alpha value is -1.79. The molecule has 2 aromatic rings. The fraction of sp³-hybridized carbons (Fsp3) is 0.438. The maximum atomic E-state index is 12.5. The SMILES string of the molecule is O=C(Cc1cccs1)N1CCOCC(Cc2ccncn2)C1. The average molecular weight is 317 g/mol. The van der Waals surface area contributed by atoms with Crippen LogP contribution in [0.25, 0.3) is 0 Å². The Bertz CT molecular complexity index is 589. The first-order valence-corrected chi connectivity index (χ1v) is 8.32. The van der Waals surface area contributed by atoms with Crippen LogP contribution in [0.15, 0.2) is 36.1 Å². The van der Waals surface area contributed by atoms with Gasteiger partial charge in [-0.15, -0.1) is 11.3 Å². The molecule has 1 atom stereocenters. The van der Waals surface area contributed by atoms with Crippen LogP contribution < -0.4 is 0 Å². The standard InChI is InChI=1S/C16H19N3O2S/c20-16(9-15-2-1-7-22-15)19-5-6-21-11-13(10-19)8-14-3-4-17-12-18-14/h1-4,7,12-13H,5-6,8-11H2. The summed E-state index contributed by atoms with van der Waals surface area (Å²) >= 11 is 1.63. The minimum atomic E-state index is 0.181. The van der Waals surface area contributed by atoms with Crippen LogP contribution >= 0.6 is 11.3 Å². The molecule has 5 nitrogen and oxygen atoms in total. The molecule has 22 heavy (non-hydrogen) atoms. The molecule has 1 aliphatic heterocycles. The van der Waals surface area contributed by atoms with Gasteiger partial charge in [0.15, 0.2) is 0 Å². The van der Waals surface area contributed by atoms with Crippen LogP contribution in [-0.2, 0) is 22.4 Å². The highest BCUT2D eigenvalue weighted by Crippen LogP contribution is 2.15. The van der Waals surface area contributed by atoms with Crippen LogP contribution in [0.1, 0.15) is 10.6 Å². The Kier molecular flexibility index (Phi) is 5.13. The fourth-order valence-corrected chi connectivity index (χ4v) is 3.33. The second-order valence-corrected chi connectivity index (χ2v) is 6.47. The van der Waals surface area contributed by atoms with Crippen molar-refractivity contribution in [1.82, 2.24) is 14.9 Å². The van der Waals surface area contributed by atoms with E-state index in [0.717, 1.165) is 23.5 Å². The van der Waals surface area contributed by atoms with E-state index >= 15 is 0 Å². The summed E-state index contributed by atoms with van der Waals surface area (Å²) in [5, 5.41) is 2.01. The normalized spacial score (nSPS) is 18.9. The topological polar surface area (TPSA) is 55.3 Å². The van der Waals surface area contributed by atoms with Gasteiger partial charge in [0.1, 0.15) is 6.33 Å². The van der Waals surface area contributed by atoms with Gasteiger partial charge in [0.25, 0.3) is 0 Å². The molecule has 1 aliphatic rings. The zero-order valence-corrected chi connectivity index (χ0v) is 13.2. The first-order chi connectivity index (χ1) is 10.8. The molecule has 3 rings (SSSR count). The Morgan fingerprint density at radius 3 is 3.18 bits per heavy atom. The Balaban J connectivity index is 1.61. The number of thiophene rings is 1. The molecule has 3 heterocycles. The van der Waals surface area contributed by atoms with E-state index in [9.17, 15) is 4.79 Å². The number of amides is 1. The van der Waals surface area contributed by atoms with Gasteiger partial charge in [0.2, 0.25) is 5.91 Å². The number of carbonyl (C=O) groups is 1. The third-order valence-electron chi connectivity index (χ3n) is 3.74. The lowest BCUT2D eigenvalue weighted by molar-refractivity contribution is -0.130. The summed E-state index contributed by atoms with van der Waals surface area (Å²) in [6, 6.07) is 5.91. The molecule has 2 aromatic heterocycles. The van der Waals surface area contributed by atoms with Crippen molar-refractivity contribution in [3.8, 4) is 0 Å². The summed E-state index contributed by atoms with van der Waals surface area (Å²) in [4.78, 5) is 23.7. The largest absolute Gasteiger partial charge is 0.379 e. The summed E-state index contributed by atoms with van der Waals surface area (Å²) in [5.41, 5.74) is 0.996. The molecule has 0 spiro atoms. The van der Waals surface area contributed by atoms with Crippen molar-refractivity contribution in [3.63, 3.8) is 0 Å². The molecule has 0 saturated carbocycles. The van der Waals surface area contributed by atoms with Crippen molar-refractivity contribution in [2.75, 3.05) is 26.3 Å². The van der Waals surface area contributed by atoms with Gasteiger partial charge in [0, 0.05) is 35.8 Å². The minimum Gasteiger partial charge on any atom is -0.379 e. The highest BCUT2D eigenvalue weighted by Gasteiger charge is 2.23. The molecular formula is C16H19N3O2S. The van der Waals surface area contributed by atoms with E-state index in [-0.39, 0.29) is 11.8 Å². The van der Waals surface area contributed by atoms with Gasteiger partial charge in [-0.25, -0.2) is 9.97 Å². The molecule has 1 saturated heterocycles. The second kappa shape index (κ2) is 7.47. The second-order valence-electron chi connectivity index (χ2n) is 5.44. The monoisotopic (exact) mass is 317 g/mol. The van der Waals surface area contributed by atoms with Crippen molar-refractivity contribution in [2.24, 2.45) is 5.92 Å². The molecule has 0 aliphatic carbocycles. The van der Waals surface area contributed by atoms with E-state index in [2.05, 4.69) is 9.97 Å². The third kappa shape index (κ3) is 4.11. The molecule has 1 unspecified atom stereocenters. The van der Waals surface area contributed by atoms with Gasteiger partial charge in [-0.1, -0.05) is 6.07 Å². The van der Waals surface area contributed by atoms with E-state index < -0.39 is 0 Å². The number of hydrogen-bond donors (Lipinski definition) is 0. The molecule has 6 heteroatoms. The van der Waals surface area contributed by atoms with Crippen molar-refractivity contribution in [1.29, 1.82) is 0 Å². The Morgan fingerprint density at radius 1 is 1.45 bits per heavy atom. The molecule has 0 N–H and O–H groups in total. The van der Waals surface area contributed by atoms with Gasteiger partial charge in [-0.3, -0.25) is 4.79 Å². The van der Waals surface area contributed by atoms with E-state index in [0.29, 0.717) is 26.2 Å².